The minimum Gasteiger partial charge on any atom is -0.464 e. The average Bonchev–Trinajstić information content (AvgIpc) is 3.26. The number of rotatable bonds is 6. The molecule has 1 aromatic carbocycles. The van der Waals surface area contributed by atoms with Crippen molar-refractivity contribution in [3.63, 3.8) is 0 Å². The topological polar surface area (TPSA) is 67.4 Å². The number of nitrogens with one attached hydrogen (secondary N) is 2. The van der Waals surface area contributed by atoms with Crippen LogP contribution in [0.15, 0.2) is 18.2 Å². The lowest BCUT2D eigenvalue weighted by Gasteiger charge is -2.07. The summed E-state index contributed by atoms with van der Waals surface area (Å²) < 4.78 is 31.7. The predicted octanol–water partition coefficient (Wildman–Crippen LogP) is 1.93. The zero-order valence-electron chi connectivity index (χ0n) is 12.2. The normalized spacial score (nSPS) is 19.4. The van der Waals surface area contributed by atoms with E-state index in [0.717, 1.165) is 18.2 Å². The zero-order valence-corrected chi connectivity index (χ0v) is 12.2. The third-order valence-electron chi connectivity index (χ3n) is 3.42. The summed E-state index contributed by atoms with van der Waals surface area (Å²) in [7, 11) is 0. The summed E-state index contributed by atoms with van der Waals surface area (Å²) in [6, 6.07) is 2.89. The van der Waals surface area contributed by atoms with Gasteiger partial charge in [0, 0.05) is 12.5 Å². The smallest absolute Gasteiger partial charge is 0.314 e. The SMILES string of the molecule is CCNC(=O)NCCOC(=O)[C@@H]1C[C@H]1c1cc(F)ccc1F. The zero-order chi connectivity index (χ0) is 16.1. The maximum absolute atomic E-state index is 13.6. The molecule has 2 atom stereocenters. The minimum atomic E-state index is -0.526. The van der Waals surface area contributed by atoms with Gasteiger partial charge in [-0.25, -0.2) is 13.6 Å². The Balaban J connectivity index is 1.74. The first-order chi connectivity index (χ1) is 10.5. The van der Waals surface area contributed by atoms with E-state index in [9.17, 15) is 18.4 Å². The van der Waals surface area contributed by atoms with Crippen molar-refractivity contribution in [3.05, 3.63) is 35.4 Å². The van der Waals surface area contributed by atoms with Crippen molar-refractivity contribution in [2.75, 3.05) is 19.7 Å². The first-order valence-electron chi connectivity index (χ1n) is 7.16. The van der Waals surface area contributed by atoms with Gasteiger partial charge in [0.1, 0.15) is 18.2 Å². The van der Waals surface area contributed by atoms with Gasteiger partial charge >= 0.3 is 12.0 Å². The number of urea groups is 1. The molecule has 1 aliphatic rings. The van der Waals surface area contributed by atoms with Crippen LogP contribution >= 0.6 is 0 Å². The van der Waals surface area contributed by atoms with E-state index in [4.69, 9.17) is 4.74 Å². The molecule has 0 spiro atoms. The molecular formula is C15H18F2N2O3. The Morgan fingerprint density at radius 1 is 1.32 bits per heavy atom. The van der Waals surface area contributed by atoms with Crippen LogP contribution in [0.4, 0.5) is 13.6 Å². The maximum atomic E-state index is 13.6. The van der Waals surface area contributed by atoms with Crippen LogP contribution in [0, 0.1) is 17.6 Å². The van der Waals surface area contributed by atoms with Crippen LogP contribution in [0.3, 0.4) is 0 Å². The fraction of sp³-hybridized carbons (Fsp3) is 0.467. The standard InChI is InChI=1S/C15H18F2N2O3/c1-2-18-15(21)19-5-6-22-14(20)12-8-10(12)11-7-9(16)3-4-13(11)17/h3-4,7,10,12H,2,5-6,8H2,1H3,(H2,18,19,21)/t10-,12+/m0/s1. The molecule has 2 rings (SSSR count). The van der Waals surface area contributed by atoms with Gasteiger partial charge in [0.25, 0.3) is 0 Å². The van der Waals surface area contributed by atoms with Gasteiger partial charge in [-0.2, -0.15) is 0 Å². The van der Waals surface area contributed by atoms with Crippen LogP contribution in [-0.4, -0.2) is 31.7 Å². The van der Waals surface area contributed by atoms with E-state index in [1.165, 1.54) is 0 Å². The molecule has 0 saturated heterocycles. The molecule has 120 valence electrons. The predicted molar refractivity (Wildman–Crippen MR) is 75.2 cm³/mol. The van der Waals surface area contributed by atoms with Crippen molar-refractivity contribution in [1.29, 1.82) is 0 Å². The van der Waals surface area contributed by atoms with Crippen molar-refractivity contribution < 1.29 is 23.1 Å². The molecule has 0 aliphatic heterocycles. The van der Waals surface area contributed by atoms with Crippen LogP contribution in [0.1, 0.15) is 24.8 Å². The van der Waals surface area contributed by atoms with Gasteiger partial charge in [-0.3, -0.25) is 4.79 Å². The molecule has 1 aromatic rings. The molecule has 2 N–H and O–H groups in total. The molecule has 1 aliphatic carbocycles. The fourth-order valence-electron chi connectivity index (χ4n) is 2.24. The Kier molecular flexibility index (Phi) is 5.30. The van der Waals surface area contributed by atoms with Crippen LogP contribution in [0.25, 0.3) is 0 Å². The highest BCUT2D eigenvalue weighted by atomic mass is 19.1. The van der Waals surface area contributed by atoms with E-state index in [0.29, 0.717) is 13.0 Å². The number of esters is 1. The number of carbonyl (C=O) groups is 2. The first kappa shape index (κ1) is 16.2. The van der Waals surface area contributed by atoms with Crippen LogP contribution in [0.5, 0.6) is 0 Å². The van der Waals surface area contributed by atoms with Gasteiger partial charge < -0.3 is 15.4 Å². The van der Waals surface area contributed by atoms with Crippen molar-refractivity contribution in [2.45, 2.75) is 19.3 Å². The summed E-state index contributed by atoms with van der Waals surface area (Å²) in [5, 5.41) is 5.06. The lowest BCUT2D eigenvalue weighted by Crippen LogP contribution is -2.37. The van der Waals surface area contributed by atoms with Gasteiger partial charge in [0.2, 0.25) is 0 Å². The molecule has 0 unspecified atom stereocenters. The van der Waals surface area contributed by atoms with Crippen molar-refractivity contribution >= 4 is 12.0 Å². The number of halogens is 2. The summed E-state index contributed by atoms with van der Waals surface area (Å²) >= 11 is 0. The molecule has 2 amide bonds. The average molecular weight is 312 g/mol. The highest BCUT2D eigenvalue weighted by Crippen LogP contribution is 2.49. The highest BCUT2D eigenvalue weighted by Gasteiger charge is 2.46. The van der Waals surface area contributed by atoms with Gasteiger partial charge in [-0.15, -0.1) is 0 Å². The number of benzene rings is 1. The molecule has 22 heavy (non-hydrogen) atoms. The van der Waals surface area contributed by atoms with E-state index < -0.39 is 23.5 Å². The Labute approximate surface area is 127 Å². The van der Waals surface area contributed by atoms with Crippen molar-refractivity contribution in [3.8, 4) is 0 Å². The maximum Gasteiger partial charge on any atom is 0.314 e. The van der Waals surface area contributed by atoms with Crippen molar-refractivity contribution in [2.24, 2.45) is 5.92 Å². The van der Waals surface area contributed by atoms with E-state index >= 15 is 0 Å². The first-order valence-corrected chi connectivity index (χ1v) is 7.16. The summed E-state index contributed by atoms with van der Waals surface area (Å²) in [5.74, 6) is -2.27. The highest BCUT2D eigenvalue weighted by molar-refractivity contribution is 5.77. The molecule has 1 saturated carbocycles. The molecule has 0 radical (unpaired) electrons. The summed E-state index contributed by atoms with van der Waals surface area (Å²) in [4.78, 5) is 22.9. The number of amides is 2. The Morgan fingerprint density at radius 2 is 2.09 bits per heavy atom. The number of carbonyl (C=O) groups excluding carboxylic acids is 2. The van der Waals surface area contributed by atoms with E-state index in [-0.39, 0.29) is 30.7 Å². The molecule has 7 heteroatoms. The largest absolute Gasteiger partial charge is 0.464 e. The van der Waals surface area contributed by atoms with Crippen LogP contribution in [0.2, 0.25) is 0 Å². The molecule has 0 bridgehead atoms. The molecule has 0 aromatic heterocycles. The summed E-state index contributed by atoms with van der Waals surface area (Å²) in [6.45, 7) is 2.54. The molecule has 1 fully saturated rings. The summed E-state index contributed by atoms with van der Waals surface area (Å²) in [6.07, 6.45) is 0.447. The fourth-order valence-corrected chi connectivity index (χ4v) is 2.24. The second-order valence-electron chi connectivity index (χ2n) is 5.07. The lowest BCUT2D eigenvalue weighted by atomic mass is 10.1. The lowest BCUT2D eigenvalue weighted by molar-refractivity contribution is -0.145. The molecule has 0 heterocycles. The van der Waals surface area contributed by atoms with Gasteiger partial charge in [0.05, 0.1) is 12.5 Å². The van der Waals surface area contributed by atoms with Gasteiger partial charge in [-0.05, 0) is 37.1 Å². The second-order valence-corrected chi connectivity index (χ2v) is 5.07. The van der Waals surface area contributed by atoms with E-state index in [1.54, 1.807) is 6.92 Å². The summed E-state index contributed by atoms with van der Waals surface area (Å²) in [5.41, 5.74) is 0.211. The number of hydrogen-bond acceptors (Lipinski definition) is 3. The van der Waals surface area contributed by atoms with Crippen LogP contribution < -0.4 is 10.6 Å². The molecular weight excluding hydrogens is 294 g/mol. The quantitative estimate of drug-likeness (QED) is 0.623. The molecule has 5 nitrogen and oxygen atoms in total. The minimum absolute atomic E-state index is 0.0464. The number of hydrogen-bond donors (Lipinski definition) is 2. The third-order valence-corrected chi connectivity index (χ3v) is 3.42. The monoisotopic (exact) mass is 312 g/mol. The van der Waals surface area contributed by atoms with E-state index in [1.807, 2.05) is 0 Å². The van der Waals surface area contributed by atoms with Crippen molar-refractivity contribution in [1.82, 2.24) is 10.6 Å². The third kappa shape index (κ3) is 4.16. The Hall–Kier alpha value is -2.18. The second kappa shape index (κ2) is 7.20. The van der Waals surface area contributed by atoms with Gasteiger partial charge in [-0.1, -0.05) is 0 Å². The van der Waals surface area contributed by atoms with Crippen LogP contribution in [-0.2, 0) is 9.53 Å². The van der Waals surface area contributed by atoms with Gasteiger partial charge in [0.15, 0.2) is 0 Å². The Bertz CT molecular complexity index is 566. The van der Waals surface area contributed by atoms with E-state index in [2.05, 4.69) is 10.6 Å². The number of ether oxygens (including phenoxy) is 1. The Morgan fingerprint density at radius 3 is 2.82 bits per heavy atom.